The summed E-state index contributed by atoms with van der Waals surface area (Å²) >= 11 is 0. The minimum Gasteiger partial charge on any atom is -0.360 e. The van der Waals surface area contributed by atoms with Gasteiger partial charge in [-0.3, -0.25) is 9.69 Å². The molecule has 2 N–H and O–H groups in total. The Kier molecular flexibility index (Phi) is 5.55. The molecule has 112 valence electrons. The Morgan fingerprint density at radius 3 is 3.10 bits per heavy atom. The maximum Gasteiger partial charge on any atom is 0.239 e. The summed E-state index contributed by atoms with van der Waals surface area (Å²) < 4.78 is 4.94. The van der Waals surface area contributed by atoms with Gasteiger partial charge in [-0.15, -0.1) is 0 Å². The Balaban J connectivity index is 1.84. The van der Waals surface area contributed by atoms with Crippen molar-refractivity contribution in [2.75, 3.05) is 32.0 Å². The Labute approximate surface area is 119 Å². The fourth-order valence-corrected chi connectivity index (χ4v) is 2.70. The van der Waals surface area contributed by atoms with E-state index in [1.807, 2.05) is 7.05 Å². The largest absolute Gasteiger partial charge is 0.360 e. The van der Waals surface area contributed by atoms with E-state index in [9.17, 15) is 4.79 Å². The van der Waals surface area contributed by atoms with Gasteiger partial charge in [0.15, 0.2) is 5.82 Å². The zero-order valence-electron chi connectivity index (χ0n) is 12.3. The molecule has 0 saturated carbocycles. The molecule has 1 aliphatic rings. The van der Waals surface area contributed by atoms with Crippen LogP contribution in [0.15, 0.2) is 10.6 Å². The molecular formula is C14H24N4O2. The molecule has 0 aliphatic carbocycles. The average molecular weight is 280 g/mol. The molecule has 6 heteroatoms. The lowest BCUT2D eigenvalue weighted by Crippen LogP contribution is -2.44. The highest BCUT2D eigenvalue weighted by Gasteiger charge is 2.23. The lowest BCUT2D eigenvalue weighted by molar-refractivity contribution is -0.118. The van der Waals surface area contributed by atoms with Crippen molar-refractivity contribution < 1.29 is 9.32 Å². The highest BCUT2D eigenvalue weighted by Crippen LogP contribution is 2.19. The van der Waals surface area contributed by atoms with Crippen LogP contribution >= 0.6 is 0 Å². The van der Waals surface area contributed by atoms with Gasteiger partial charge in [0.25, 0.3) is 0 Å². The standard InChI is InChI=1S/C14H24N4O2/c1-11-9-13(17-20-11)16-14(19)10-18-8-4-3-5-12(18)6-7-15-2/h9,12,15H,3-8,10H2,1-2H3,(H,16,17,19). The molecule has 0 spiro atoms. The van der Waals surface area contributed by atoms with Crippen molar-refractivity contribution in [3.63, 3.8) is 0 Å². The summed E-state index contributed by atoms with van der Waals surface area (Å²) in [6.07, 6.45) is 4.70. The first-order valence-electron chi connectivity index (χ1n) is 7.31. The van der Waals surface area contributed by atoms with Gasteiger partial charge in [0.1, 0.15) is 5.76 Å². The summed E-state index contributed by atoms with van der Waals surface area (Å²) in [7, 11) is 1.97. The SMILES string of the molecule is CNCCC1CCCCN1CC(=O)Nc1cc(C)on1. The third-order valence-corrected chi connectivity index (χ3v) is 3.72. The van der Waals surface area contributed by atoms with E-state index in [1.54, 1.807) is 13.0 Å². The molecule has 1 fully saturated rings. The number of nitrogens with zero attached hydrogens (tertiary/aromatic N) is 2. The molecule has 1 aromatic rings. The molecule has 1 aromatic heterocycles. The average Bonchev–Trinajstić information content (AvgIpc) is 2.83. The van der Waals surface area contributed by atoms with Gasteiger partial charge in [0.05, 0.1) is 6.54 Å². The number of hydrogen-bond acceptors (Lipinski definition) is 5. The van der Waals surface area contributed by atoms with Crippen molar-refractivity contribution >= 4 is 11.7 Å². The van der Waals surface area contributed by atoms with E-state index in [-0.39, 0.29) is 5.91 Å². The van der Waals surface area contributed by atoms with Crippen molar-refractivity contribution in [1.29, 1.82) is 0 Å². The Morgan fingerprint density at radius 2 is 2.40 bits per heavy atom. The van der Waals surface area contributed by atoms with Crippen LogP contribution in [0.4, 0.5) is 5.82 Å². The normalized spacial score (nSPS) is 20.0. The predicted molar refractivity (Wildman–Crippen MR) is 77.6 cm³/mol. The highest BCUT2D eigenvalue weighted by molar-refractivity contribution is 5.91. The first-order valence-corrected chi connectivity index (χ1v) is 7.31. The molecule has 20 heavy (non-hydrogen) atoms. The molecule has 1 amide bonds. The van der Waals surface area contributed by atoms with Crippen molar-refractivity contribution in [3.05, 3.63) is 11.8 Å². The van der Waals surface area contributed by atoms with Gasteiger partial charge in [0, 0.05) is 12.1 Å². The third-order valence-electron chi connectivity index (χ3n) is 3.72. The van der Waals surface area contributed by atoms with E-state index in [1.165, 1.54) is 19.3 Å². The van der Waals surface area contributed by atoms with E-state index in [0.29, 0.717) is 24.2 Å². The Hall–Kier alpha value is -1.40. The molecule has 6 nitrogen and oxygen atoms in total. The lowest BCUT2D eigenvalue weighted by Gasteiger charge is -2.35. The summed E-state index contributed by atoms with van der Waals surface area (Å²) in [6.45, 7) is 4.23. The van der Waals surface area contributed by atoms with Gasteiger partial charge in [-0.1, -0.05) is 11.6 Å². The Bertz CT molecular complexity index is 433. The predicted octanol–water partition coefficient (Wildman–Crippen LogP) is 1.39. The number of hydrogen-bond donors (Lipinski definition) is 2. The Morgan fingerprint density at radius 1 is 1.55 bits per heavy atom. The second kappa shape index (κ2) is 7.40. The molecule has 1 aliphatic heterocycles. The zero-order valence-corrected chi connectivity index (χ0v) is 12.3. The van der Waals surface area contributed by atoms with Gasteiger partial charge in [-0.25, -0.2) is 0 Å². The first-order chi connectivity index (χ1) is 9.69. The number of carbonyl (C=O) groups excluding carboxylic acids is 1. The number of nitrogens with one attached hydrogen (secondary N) is 2. The monoisotopic (exact) mass is 280 g/mol. The van der Waals surface area contributed by atoms with E-state index < -0.39 is 0 Å². The second-order valence-corrected chi connectivity index (χ2v) is 5.38. The topological polar surface area (TPSA) is 70.4 Å². The minimum absolute atomic E-state index is 0.0188. The van der Waals surface area contributed by atoms with E-state index in [4.69, 9.17) is 4.52 Å². The van der Waals surface area contributed by atoms with Crippen LogP contribution in [0.3, 0.4) is 0 Å². The molecule has 2 rings (SSSR count). The van der Waals surface area contributed by atoms with Crippen LogP contribution in [-0.4, -0.2) is 48.7 Å². The van der Waals surface area contributed by atoms with Crippen LogP contribution in [0.25, 0.3) is 0 Å². The van der Waals surface area contributed by atoms with Gasteiger partial charge in [-0.05, 0) is 46.3 Å². The van der Waals surface area contributed by atoms with E-state index in [0.717, 1.165) is 19.5 Å². The van der Waals surface area contributed by atoms with E-state index in [2.05, 4.69) is 20.7 Å². The van der Waals surface area contributed by atoms with Crippen molar-refractivity contribution in [1.82, 2.24) is 15.4 Å². The van der Waals surface area contributed by atoms with Crippen LogP contribution in [0.5, 0.6) is 0 Å². The second-order valence-electron chi connectivity index (χ2n) is 5.38. The maximum atomic E-state index is 12.1. The zero-order chi connectivity index (χ0) is 14.4. The van der Waals surface area contributed by atoms with Crippen molar-refractivity contribution in [2.45, 2.75) is 38.6 Å². The third kappa shape index (κ3) is 4.31. The van der Waals surface area contributed by atoms with Gasteiger partial charge in [-0.2, -0.15) is 0 Å². The van der Waals surface area contributed by atoms with Crippen LogP contribution in [0.2, 0.25) is 0 Å². The molecule has 1 atom stereocenters. The molecule has 1 unspecified atom stereocenters. The van der Waals surface area contributed by atoms with Gasteiger partial charge >= 0.3 is 0 Å². The fraction of sp³-hybridized carbons (Fsp3) is 0.714. The minimum atomic E-state index is -0.0188. The number of piperidine rings is 1. The van der Waals surface area contributed by atoms with Gasteiger partial charge < -0.3 is 15.2 Å². The summed E-state index contributed by atoms with van der Waals surface area (Å²) in [5.74, 6) is 1.18. The number of carbonyl (C=O) groups is 1. The number of anilines is 1. The first kappa shape index (κ1) is 15.0. The van der Waals surface area contributed by atoms with Crippen molar-refractivity contribution in [2.24, 2.45) is 0 Å². The van der Waals surface area contributed by atoms with Crippen LogP contribution in [0, 0.1) is 6.92 Å². The maximum absolute atomic E-state index is 12.1. The summed E-state index contributed by atoms with van der Waals surface area (Å²) in [4.78, 5) is 14.3. The molecular weight excluding hydrogens is 256 g/mol. The number of aryl methyl sites for hydroxylation is 1. The lowest BCUT2D eigenvalue weighted by atomic mass is 9.99. The number of likely N-dealkylation sites (tertiary alicyclic amines) is 1. The number of aromatic nitrogens is 1. The molecule has 2 heterocycles. The smallest absolute Gasteiger partial charge is 0.239 e. The fourth-order valence-electron chi connectivity index (χ4n) is 2.70. The molecule has 1 saturated heterocycles. The van der Waals surface area contributed by atoms with Crippen molar-refractivity contribution in [3.8, 4) is 0 Å². The summed E-state index contributed by atoms with van der Waals surface area (Å²) in [5.41, 5.74) is 0. The summed E-state index contributed by atoms with van der Waals surface area (Å²) in [5, 5.41) is 9.75. The summed E-state index contributed by atoms with van der Waals surface area (Å²) in [6, 6.07) is 2.23. The van der Waals surface area contributed by atoms with Gasteiger partial charge in [0.2, 0.25) is 5.91 Å². The van der Waals surface area contributed by atoms with Crippen LogP contribution in [0.1, 0.15) is 31.4 Å². The number of rotatable bonds is 6. The van der Waals surface area contributed by atoms with Crippen LogP contribution < -0.4 is 10.6 Å². The molecule has 0 aromatic carbocycles. The molecule has 0 radical (unpaired) electrons. The van der Waals surface area contributed by atoms with E-state index >= 15 is 0 Å². The highest BCUT2D eigenvalue weighted by atomic mass is 16.5. The quantitative estimate of drug-likeness (QED) is 0.824. The molecule has 0 bridgehead atoms. The number of amides is 1. The van der Waals surface area contributed by atoms with Crippen LogP contribution in [-0.2, 0) is 4.79 Å².